The molecule has 1 aromatic rings. The van der Waals surface area contributed by atoms with Crippen LogP contribution in [-0.4, -0.2) is 65.2 Å². The highest BCUT2D eigenvalue weighted by atomic mass is 35.5. The summed E-state index contributed by atoms with van der Waals surface area (Å²) in [5, 5.41) is 10.3. The van der Waals surface area contributed by atoms with Crippen molar-refractivity contribution >= 4 is 29.5 Å². The van der Waals surface area contributed by atoms with Gasteiger partial charge in [0.1, 0.15) is 17.1 Å². The summed E-state index contributed by atoms with van der Waals surface area (Å²) >= 11 is 6.16. The number of hydrogen-bond donors (Lipinski definition) is 1. The number of aliphatic hydroxyl groups is 1. The number of halogens is 1. The first-order chi connectivity index (χ1) is 11.7. The van der Waals surface area contributed by atoms with Gasteiger partial charge in [-0.15, -0.1) is 0 Å². The maximum Gasteiger partial charge on any atom is 0.416 e. The number of amides is 1. The fraction of sp³-hybridized carbons (Fsp3) is 0.688. The minimum atomic E-state index is -0.933. The maximum atomic E-state index is 12.4. The molecule has 0 unspecified atom stereocenters. The summed E-state index contributed by atoms with van der Waals surface area (Å²) in [5.41, 5.74) is -0.933. The summed E-state index contributed by atoms with van der Waals surface area (Å²) in [6.45, 7) is 7.78. The molecule has 0 bridgehead atoms. The minimum absolute atomic E-state index is 0.262. The minimum Gasteiger partial charge on any atom is -0.443 e. The normalized spacial score (nSPS) is 24.6. The first-order valence-corrected chi connectivity index (χ1v) is 8.72. The van der Waals surface area contributed by atoms with E-state index in [0.717, 1.165) is 0 Å². The summed E-state index contributed by atoms with van der Waals surface area (Å²) in [5.74, 6) is 0.869. The van der Waals surface area contributed by atoms with Crippen LogP contribution in [0.15, 0.2) is 6.07 Å². The van der Waals surface area contributed by atoms with E-state index < -0.39 is 17.8 Å². The van der Waals surface area contributed by atoms with Crippen LogP contribution in [0.4, 0.5) is 16.6 Å². The number of aromatic nitrogens is 2. The van der Waals surface area contributed by atoms with Crippen LogP contribution >= 0.6 is 11.6 Å². The number of rotatable bonds is 4. The highest BCUT2D eigenvalue weighted by molar-refractivity contribution is 6.29. The van der Waals surface area contributed by atoms with Gasteiger partial charge in [0.2, 0.25) is 5.95 Å². The Morgan fingerprint density at radius 1 is 1.36 bits per heavy atom. The van der Waals surface area contributed by atoms with Gasteiger partial charge in [0.25, 0.3) is 0 Å². The molecule has 9 heteroatoms. The van der Waals surface area contributed by atoms with E-state index in [4.69, 9.17) is 21.1 Å². The lowest BCUT2D eigenvalue weighted by atomic mass is 9.97. The monoisotopic (exact) mass is 370 g/mol. The molecule has 1 amide bonds. The number of anilines is 2. The molecule has 8 nitrogen and oxygen atoms in total. The zero-order valence-corrected chi connectivity index (χ0v) is 15.4. The standard InChI is InChI=1S/C16H23ClN4O4/c1-10-11(9-16(2,3)23)25-15(22)21(10)13-8-12(17)18-14(19-13)20-4-6-24-7-5-20/h8,10-11,23H,4-7,9H2,1-3H3/t10-,11-/m0/s1. The molecular formula is C16H23ClN4O4. The summed E-state index contributed by atoms with van der Waals surface area (Å²) < 4.78 is 10.8. The van der Waals surface area contributed by atoms with E-state index in [2.05, 4.69) is 9.97 Å². The second-order valence-corrected chi connectivity index (χ2v) is 7.38. The van der Waals surface area contributed by atoms with Crippen molar-refractivity contribution in [1.82, 2.24) is 9.97 Å². The van der Waals surface area contributed by atoms with Crippen molar-refractivity contribution in [2.24, 2.45) is 0 Å². The first kappa shape index (κ1) is 18.2. The van der Waals surface area contributed by atoms with Crippen molar-refractivity contribution in [1.29, 1.82) is 0 Å². The number of carbonyl (C=O) groups excluding carboxylic acids is 1. The van der Waals surface area contributed by atoms with Crippen molar-refractivity contribution in [2.45, 2.75) is 44.9 Å². The Hall–Kier alpha value is -1.64. The zero-order valence-electron chi connectivity index (χ0n) is 14.6. The van der Waals surface area contributed by atoms with Crippen LogP contribution in [0.2, 0.25) is 5.15 Å². The molecule has 1 N–H and O–H groups in total. The van der Waals surface area contributed by atoms with Crippen LogP contribution in [0.5, 0.6) is 0 Å². The maximum absolute atomic E-state index is 12.4. The van der Waals surface area contributed by atoms with Gasteiger partial charge in [0.15, 0.2) is 0 Å². The van der Waals surface area contributed by atoms with Crippen LogP contribution in [0.25, 0.3) is 0 Å². The van der Waals surface area contributed by atoms with E-state index in [1.807, 2.05) is 11.8 Å². The van der Waals surface area contributed by atoms with Gasteiger partial charge in [-0.2, -0.15) is 4.98 Å². The number of hydrogen-bond acceptors (Lipinski definition) is 7. The van der Waals surface area contributed by atoms with E-state index in [9.17, 15) is 9.90 Å². The molecule has 0 saturated carbocycles. The van der Waals surface area contributed by atoms with Gasteiger partial charge in [0, 0.05) is 25.6 Å². The largest absolute Gasteiger partial charge is 0.443 e. The Morgan fingerprint density at radius 3 is 2.68 bits per heavy atom. The predicted molar refractivity (Wildman–Crippen MR) is 93.2 cm³/mol. The van der Waals surface area contributed by atoms with Crippen LogP contribution in [-0.2, 0) is 9.47 Å². The Balaban J connectivity index is 1.85. The summed E-state index contributed by atoms with van der Waals surface area (Å²) in [6, 6.07) is 1.28. The third kappa shape index (κ3) is 4.13. The van der Waals surface area contributed by atoms with Crippen molar-refractivity contribution in [3.8, 4) is 0 Å². The topological polar surface area (TPSA) is 88.0 Å². The lowest BCUT2D eigenvalue weighted by Gasteiger charge is -2.28. The molecule has 0 aliphatic carbocycles. The van der Waals surface area contributed by atoms with E-state index in [1.54, 1.807) is 19.9 Å². The molecular weight excluding hydrogens is 348 g/mol. The van der Waals surface area contributed by atoms with Gasteiger partial charge in [-0.3, -0.25) is 4.90 Å². The van der Waals surface area contributed by atoms with Gasteiger partial charge in [-0.1, -0.05) is 11.6 Å². The molecule has 0 radical (unpaired) electrons. The number of carbonyl (C=O) groups is 1. The predicted octanol–water partition coefficient (Wildman–Crippen LogP) is 1.84. The third-order valence-corrected chi connectivity index (χ3v) is 4.50. The fourth-order valence-electron chi connectivity index (χ4n) is 3.05. The number of cyclic esters (lactones) is 1. The molecule has 2 saturated heterocycles. The van der Waals surface area contributed by atoms with E-state index in [0.29, 0.717) is 44.5 Å². The molecule has 3 rings (SSSR count). The molecule has 138 valence electrons. The number of morpholine rings is 1. The van der Waals surface area contributed by atoms with Crippen molar-refractivity contribution in [3.05, 3.63) is 11.2 Å². The Kier molecular flexibility index (Phi) is 5.04. The number of nitrogens with zero attached hydrogens (tertiary/aromatic N) is 4. The molecule has 2 atom stereocenters. The molecule has 0 spiro atoms. The molecule has 2 fully saturated rings. The van der Waals surface area contributed by atoms with E-state index in [-0.39, 0.29) is 11.2 Å². The van der Waals surface area contributed by atoms with Crippen LogP contribution in [0, 0.1) is 0 Å². The van der Waals surface area contributed by atoms with E-state index >= 15 is 0 Å². The molecule has 2 aliphatic heterocycles. The van der Waals surface area contributed by atoms with Crippen molar-refractivity contribution in [3.63, 3.8) is 0 Å². The molecule has 2 aliphatic rings. The van der Waals surface area contributed by atoms with Gasteiger partial charge in [-0.05, 0) is 20.8 Å². The van der Waals surface area contributed by atoms with Gasteiger partial charge in [-0.25, -0.2) is 9.78 Å². The second kappa shape index (κ2) is 6.93. The van der Waals surface area contributed by atoms with Gasteiger partial charge in [0.05, 0.1) is 24.9 Å². The molecule has 0 aromatic carbocycles. The van der Waals surface area contributed by atoms with Gasteiger partial charge >= 0.3 is 6.09 Å². The quantitative estimate of drug-likeness (QED) is 0.809. The molecule has 1 aromatic heterocycles. The Labute approximate surface area is 151 Å². The highest BCUT2D eigenvalue weighted by Gasteiger charge is 2.42. The second-order valence-electron chi connectivity index (χ2n) is 7.00. The third-order valence-electron chi connectivity index (χ3n) is 4.31. The molecule has 3 heterocycles. The fourth-order valence-corrected chi connectivity index (χ4v) is 3.22. The lowest BCUT2D eigenvalue weighted by molar-refractivity contribution is 0.0198. The molecule has 25 heavy (non-hydrogen) atoms. The van der Waals surface area contributed by atoms with Crippen molar-refractivity contribution in [2.75, 3.05) is 36.1 Å². The summed E-state index contributed by atoms with van der Waals surface area (Å²) in [6.07, 6.45) is -0.580. The smallest absolute Gasteiger partial charge is 0.416 e. The Bertz CT molecular complexity index is 646. The van der Waals surface area contributed by atoms with Crippen LogP contribution < -0.4 is 9.80 Å². The Morgan fingerprint density at radius 2 is 2.04 bits per heavy atom. The SMILES string of the molecule is C[C@H]1[C@H](CC(C)(C)O)OC(=O)N1c1cc(Cl)nc(N2CCOCC2)n1. The average molecular weight is 371 g/mol. The summed E-state index contributed by atoms with van der Waals surface area (Å²) in [4.78, 5) is 24.6. The van der Waals surface area contributed by atoms with Gasteiger partial charge < -0.3 is 19.5 Å². The number of ether oxygens (including phenoxy) is 2. The van der Waals surface area contributed by atoms with Crippen LogP contribution in [0.3, 0.4) is 0 Å². The zero-order chi connectivity index (χ0) is 18.2. The van der Waals surface area contributed by atoms with Crippen molar-refractivity contribution < 1.29 is 19.4 Å². The lowest BCUT2D eigenvalue weighted by Crippen LogP contribution is -2.39. The van der Waals surface area contributed by atoms with E-state index in [1.165, 1.54) is 4.90 Å². The first-order valence-electron chi connectivity index (χ1n) is 8.34. The van der Waals surface area contributed by atoms with Crippen LogP contribution in [0.1, 0.15) is 27.2 Å². The highest BCUT2D eigenvalue weighted by Crippen LogP contribution is 2.31. The average Bonchev–Trinajstić information content (AvgIpc) is 2.79. The summed E-state index contributed by atoms with van der Waals surface area (Å²) in [7, 11) is 0.